The first kappa shape index (κ1) is 11.4. The molecule has 16 heavy (non-hydrogen) atoms. The highest BCUT2D eigenvalue weighted by Crippen LogP contribution is 2.26. The van der Waals surface area contributed by atoms with E-state index in [1.807, 2.05) is 25.1 Å². The molecule has 3 heteroatoms. The van der Waals surface area contributed by atoms with Crippen molar-refractivity contribution in [1.82, 2.24) is 0 Å². The van der Waals surface area contributed by atoms with Crippen LogP contribution in [0.4, 0.5) is 4.39 Å². The van der Waals surface area contributed by atoms with E-state index in [-0.39, 0.29) is 5.82 Å². The quantitative estimate of drug-likeness (QED) is 0.736. The number of benzene rings is 2. The van der Waals surface area contributed by atoms with Gasteiger partial charge < -0.3 is 4.74 Å². The first-order valence-electron chi connectivity index (χ1n) is 4.85. The smallest absolute Gasteiger partial charge is 0.130 e. The Morgan fingerprint density at radius 2 is 1.75 bits per heavy atom. The summed E-state index contributed by atoms with van der Waals surface area (Å²) in [6, 6.07) is 11.9. The lowest BCUT2D eigenvalue weighted by molar-refractivity contribution is 0.477. The predicted molar refractivity (Wildman–Crippen MR) is 70.4 cm³/mol. The topological polar surface area (TPSA) is 9.23 Å². The molecule has 0 aromatic heterocycles. The van der Waals surface area contributed by atoms with Crippen molar-refractivity contribution in [2.75, 3.05) is 0 Å². The zero-order valence-corrected chi connectivity index (χ0v) is 10.9. The molecule has 0 aliphatic carbocycles. The SMILES string of the molecule is Cc1cc(I)ccc1Oc1ccc(F)cc1. The summed E-state index contributed by atoms with van der Waals surface area (Å²) >= 11 is 2.25. The molecule has 0 aliphatic heterocycles. The van der Waals surface area contributed by atoms with E-state index in [1.165, 1.54) is 15.7 Å². The molecule has 0 saturated heterocycles. The van der Waals surface area contributed by atoms with Crippen molar-refractivity contribution in [2.45, 2.75) is 6.92 Å². The van der Waals surface area contributed by atoms with Crippen molar-refractivity contribution in [1.29, 1.82) is 0 Å². The highest BCUT2D eigenvalue weighted by Gasteiger charge is 2.01. The second-order valence-corrected chi connectivity index (χ2v) is 4.71. The van der Waals surface area contributed by atoms with Gasteiger partial charge in [0.1, 0.15) is 17.3 Å². The molecule has 2 rings (SSSR count). The normalized spacial score (nSPS) is 10.2. The van der Waals surface area contributed by atoms with Crippen molar-refractivity contribution in [3.63, 3.8) is 0 Å². The Balaban J connectivity index is 2.23. The van der Waals surface area contributed by atoms with Gasteiger partial charge in [-0.05, 0) is 77.5 Å². The number of ether oxygens (including phenoxy) is 1. The summed E-state index contributed by atoms with van der Waals surface area (Å²) in [7, 11) is 0. The van der Waals surface area contributed by atoms with E-state index >= 15 is 0 Å². The van der Waals surface area contributed by atoms with E-state index in [9.17, 15) is 4.39 Å². The highest BCUT2D eigenvalue weighted by atomic mass is 127. The molecule has 0 aliphatic rings. The molecule has 0 spiro atoms. The number of hydrogen-bond acceptors (Lipinski definition) is 1. The number of halogens is 2. The Morgan fingerprint density at radius 3 is 2.38 bits per heavy atom. The van der Waals surface area contributed by atoms with E-state index in [4.69, 9.17) is 4.74 Å². The third-order valence-electron chi connectivity index (χ3n) is 2.18. The summed E-state index contributed by atoms with van der Waals surface area (Å²) in [5.41, 5.74) is 1.07. The van der Waals surface area contributed by atoms with Gasteiger partial charge in [0, 0.05) is 3.57 Å². The number of hydrogen-bond donors (Lipinski definition) is 0. The lowest BCUT2D eigenvalue weighted by atomic mass is 10.2. The number of aryl methyl sites for hydroxylation is 1. The van der Waals surface area contributed by atoms with E-state index in [0.29, 0.717) is 5.75 Å². The van der Waals surface area contributed by atoms with E-state index in [0.717, 1.165) is 11.3 Å². The molecule has 0 N–H and O–H groups in total. The standard InChI is InChI=1S/C13H10FIO/c1-9-8-11(15)4-7-13(9)16-12-5-2-10(14)3-6-12/h2-8H,1H3. The fraction of sp³-hybridized carbons (Fsp3) is 0.0769. The monoisotopic (exact) mass is 328 g/mol. The molecule has 2 aromatic rings. The van der Waals surface area contributed by atoms with E-state index in [1.54, 1.807) is 12.1 Å². The highest BCUT2D eigenvalue weighted by molar-refractivity contribution is 14.1. The maximum Gasteiger partial charge on any atom is 0.130 e. The second kappa shape index (κ2) is 4.82. The fourth-order valence-electron chi connectivity index (χ4n) is 1.36. The minimum atomic E-state index is -0.258. The van der Waals surface area contributed by atoms with Crippen molar-refractivity contribution >= 4 is 22.6 Å². The van der Waals surface area contributed by atoms with Gasteiger partial charge >= 0.3 is 0 Å². The van der Waals surface area contributed by atoms with Crippen LogP contribution >= 0.6 is 22.6 Å². The van der Waals surface area contributed by atoms with Gasteiger partial charge in [-0.15, -0.1) is 0 Å². The zero-order valence-electron chi connectivity index (χ0n) is 8.71. The van der Waals surface area contributed by atoms with Crippen LogP contribution in [-0.4, -0.2) is 0 Å². The summed E-state index contributed by atoms with van der Waals surface area (Å²) in [4.78, 5) is 0. The molecule has 0 fully saturated rings. The molecule has 0 unspecified atom stereocenters. The molecule has 82 valence electrons. The summed E-state index contributed by atoms with van der Waals surface area (Å²) in [5.74, 6) is 1.18. The van der Waals surface area contributed by atoms with Gasteiger partial charge in [0.05, 0.1) is 0 Å². The van der Waals surface area contributed by atoms with Gasteiger partial charge in [0.15, 0.2) is 0 Å². The van der Waals surface area contributed by atoms with Crippen molar-refractivity contribution in [3.8, 4) is 11.5 Å². The zero-order chi connectivity index (χ0) is 11.5. The summed E-state index contributed by atoms with van der Waals surface area (Å²) < 4.78 is 19.5. The van der Waals surface area contributed by atoms with Gasteiger partial charge in [-0.25, -0.2) is 4.39 Å². The Hall–Kier alpha value is -1.10. The molecule has 0 atom stereocenters. The van der Waals surface area contributed by atoms with E-state index in [2.05, 4.69) is 22.6 Å². The molecule has 0 saturated carbocycles. The van der Waals surface area contributed by atoms with Gasteiger partial charge in [0.25, 0.3) is 0 Å². The van der Waals surface area contributed by atoms with Crippen molar-refractivity contribution in [3.05, 3.63) is 57.4 Å². The average Bonchev–Trinajstić information content (AvgIpc) is 2.25. The molecule has 1 nitrogen and oxygen atoms in total. The van der Waals surface area contributed by atoms with Crippen LogP contribution in [0.25, 0.3) is 0 Å². The lowest BCUT2D eigenvalue weighted by Crippen LogP contribution is -1.88. The van der Waals surface area contributed by atoms with Crippen LogP contribution in [0.1, 0.15) is 5.56 Å². The molecular weight excluding hydrogens is 318 g/mol. The Kier molecular flexibility index (Phi) is 3.43. The van der Waals surface area contributed by atoms with Gasteiger partial charge in [-0.3, -0.25) is 0 Å². The third kappa shape index (κ3) is 2.72. The minimum absolute atomic E-state index is 0.258. The van der Waals surface area contributed by atoms with E-state index < -0.39 is 0 Å². The summed E-state index contributed by atoms with van der Waals surface area (Å²) in [5, 5.41) is 0. The van der Waals surface area contributed by atoms with Gasteiger partial charge in [-0.2, -0.15) is 0 Å². The number of rotatable bonds is 2. The first-order chi connectivity index (χ1) is 7.65. The Bertz CT molecular complexity index is 494. The van der Waals surface area contributed by atoms with Crippen LogP contribution in [-0.2, 0) is 0 Å². The second-order valence-electron chi connectivity index (χ2n) is 3.47. The average molecular weight is 328 g/mol. The maximum atomic E-state index is 12.7. The summed E-state index contributed by atoms with van der Waals surface area (Å²) in [6.07, 6.45) is 0. The largest absolute Gasteiger partial charge is 0.457 e. The Morgan fingerprint density at radius 1 is 1.06 bits per heavy atom. The molecule has 0 heterocycles. The van der Waals surface area contributed by atoms with Gasteiger partial charge in [0.2, 0.25) is 0 Å². The molecular formula is C13H10FIO. The first-order valence-corrected chi connectivity index (χ1v) is 5.92. The third-order valence-corrected chi connectivity index (χ3v) is 2.85. The van der Waals surface area contributed by atoms with Crippen LogP contribution in [0, 0.1) is 16.3 Å². The van der Waals surface area contributed by atoms with Gasteiger partial charge in [-0.1, -0.05) is 0 Å². The molecule has 0 radical (unpaired) electrons. The molecule has 2 aromatic carbocycles. The molecule has 0 bridgehead atoms. The van der Waals surface area contributed by atoms with Crippen LogP contribution in [0.2, 0.25) is 0 Å². The Labute approximate surface area is 107 Å². The van der Waals surface area contributed by atoms with Crippen LogP contribution in [0.15, 0.2) is 42.5 Å². The van der Waals surface area contributed by atoms with Crippen molar-refractivity contribution in [2.24, 2.45) is 0 Å². The predicted octanol–water partition coefficient (Wildman–Crippen LogP) is 4.53. The fourth-order valence-corrected chi connectivity index (χ4v) is 2.00. The van der Waals surface area contributed by atoms with Crippen LogP contribution < -0.4 is 4.74 Å². The summed E-state index contributed by atoms with van der Waals surface area (Å²) in [6.45, 7) is 1.99. The van der Waals surface area contributed by atoms with Crippen LogP contribution in [0.3, 0.4) is 0 Å². The lowest BCUT2D eigenvalue weighted by Gasteiger charge is -2.08. The molecule has 0 amide bonds. The maximum absolute atomic E-state index is 12.7. The van der Waals surface area contributed by atoms with Crippen LogP contribution in [0.5, 0.6) is 11.5 Å². The van der Waals surface area contributed by atoms with Crippen molar-refractivity contribution < 1.29 is 9.13 Å². The minimum Gasteiger partial charge on any atom is -0.457 e.